The molecule has 22 heavy (non-hydrogen) atoms. The van der Waals surface area contributed by atoms with Crippen molar-refractivity contribution in [3.8, 4) is 17.0 Å². The van der Waals surface area contributed by atoms with Crippen LogP contribution in [0.15, 0.2) is 30.3 Å². The van der Waals surface area contributed by atoms with Crippen LogP contribution in [0, 0.1) is 5.82 Å². The van der Waals surface area contributed by atoms with Crippen molar-refractivity contribution in [3.63, 3.8) is 0 Å². The first kappa shape index (κ1) is 16.6. The van der Waals surface area contributed by atoms with Gasteiger partial charge in [0.25, 0.3) is 0 Å². The second-order valence-electron chi connectivity index (χ2n) is 4.68. The molecule has 1 aromatic heterocycles. The number of nitrogens with zero attached hydrogens (tertiary/aromatic N) is 1. The molecular weight excluding hydrogens is 317 g/mol. The van der Waals surface area contributed by atoms with Crippen molar-refractivity contribution in [2.24, 2.45) is 5.73 Å². The third-order valence-corrected chi connectivity index (χ3v) is 3.56. The standard InChI is InChI=1S/C15H14ClF3N2O/c1-22-12-4-5-13(15(19,7-17)8-20)21-14(12)9-2-3-11(18)10(16)6-9/h2-6H,7-8,20H2,1H3. The van der Waals surface area contributed by atoms with Crippen LogP contribution in [0.4, 0.5) is 13.2 Å². The van der Waals surface area contributed by atoms with E-state index in [1.165, 1.54) is 31.4 Å². The topological polar surface area (TPSA) is 48.1 Å². The van der Waals surface area contributed by atoms with Crippen molar-refractivity contribution in [2.45, 2.75) is 5.67 Å². The minimum absolute atomic E-state index is 0.109. The van der Waals surface area contributed by atoms with Crippen LogP contribution < -0.4 is 10.5 Å². The highest BCUT2D eigenvalue weighted by molar-refractivity contribution is 6.31. The first-order valence-electron chi connectivity index (χ1n) is 6.41. The lowest BCUT2D eigenvalue weighted by Crippen LogP contribution is -2.33. The average molecular weight is 331 g/mol. The predicted molar refractivity (Wildman–Crippen MR) is 79.0 cm³/mol. The Labute approximate surface area is 130 Å². The van der Waals surface area contributed by atoms with E-state index in [1.54, 1.807) is 0 Å². The maximum atomic E-state index is 14.4. The lowest BCUT2D eigenvalue weighted by molar-refractivity contribution is 0.124. The molecule has 0 saturated heterocycles. The minimum Gasteiger partial charge on any atom is -0.494 e. The summed E-state index contributed by atoms with van der Waals surface area (Å²) in [6.07, 6.45) is 0. The zero-order chi connectivity index (χ0) is 16.3. The normalized spacial score (nSPS) is 13.7. The van der Waals surface area contributed by atoms with Crippen LogP contribution in [0.25, 0.3) is 11.3 Å². The van der Waals surface area contributed by atoms with Crippen molar-refractivity contribution in [1.29, 1.82) is 0 Å². The molecule has 118 valence electrons. The van der Waals surface area contributed by atoms with E-state index in [4.69, 9.17) is 22.1 Å². The number of rotatable bonds is 5. The number of hydrogen-bond acceptors (Lipinski definition) is 3. The Balaban J connectivity index is 2.60. The van der Waals surface area contributed by atoms with Crippen molar-refractivity contribution in [1.82, 2.24) is 4.98 Å². The highest BCUT2D eigenvalue weighted by Crippen LogP contribution is 2.34. The summed E-state index contributed by atoms with van der Waals surface area (Å²) in [5.74, 6) is -0.268. The molecule has 1 heterocycles. The molecule has 0 aliphatic heterocycles. The van der Waals surface area contributed by atoms with Crippen molar-refractivity contribution < 1.29 is 17.9 Å². The Bertz CT molecular complexity index is 678. The fourth-order valence-corrected chi connectivity index (χ4v) is 2.12. The zero-order valence-corrected chi connectivity index (χ0v) is 12.5. The molecule has 0 bridgehead atoms. The molecule has 0 aliphatic carbocycles. The molecule has 0 radical (unpaired) electrons. The Kier molecular flexibility index (Phi) is 4.93. The minimum atomic E-state index is -2.38. The molecule has 1 atom stereocenters. The molecule has 1 aromatic carbocycles. The first-order valence-corrected chi connectivity index (χ1v) is 6.79. The molecule has 0 aliphatic rings. The van der Waals surface area contributed by atoms with Crippen molar-refractivity contribution in [3.05, 3.63) is 46.9 Å². The summed E-state index contributed by atoms with van der Waals surface area (Å²) in [5.41, 5.74) is 3.40. The van der Waals surface area contributed by atoms with Gasteiger partial charge in [0.1, 0.15) is 23.9 Å². The van der Waals surface area contributed by atoms with Gasteiger partial charge in [-0.2, -0.15) is 0 Å². The molecule has 2 aromatic rings. The number of benzene rings is 1. The van der Waals surface area contributed by atoms with Crippen LogP contribution >= 0.6 is 11.6 Å². The largest absolute Gasteiger partial charge is 0.494 e. The van der Waals surface area contributed by atoms with Gasteiger partial charge in [0.05, 0.1) is 17.8 Å². The molecular formula is C15H14ClF3N2O. The lowest BCUT2D eigenvalue weighted by atomic mass is 10.0. The van der Waals surface area contributed by atoms with Gasteiger partial charge in [-0.05, 0) is 30.3 Å². The van der Waals surface area contributed by atoms with Gasteiger partial charge in [-0.15, -0.1) is 0 Å². The van der Waals surface area contributed by atoms with E-state index in [0.29, 0.717) is 11.3 Å². The van der Waals surface area contributed by atoms with E-state index in [9.17, 15) is 13.2 Å². The highest BCUT2D eigenvalue weighted by atomic mass is 35.5. The molecule has 7 heteroatoms. The molecule has 0 saturated carbocycles. The monoisotopic (exact) mass is 330 g/mol. The number of nitrogens with two attached hydrogens (primary N) is 1. The Morgan fingerprint density at radius 1 is 1.32 bits per heavy atom. The maximum Gasteiger partial charge on any atom is 0.192 e. The van der Waals surface area contributed by atoms with E-state index >= 15 is 0 Å². The van der Waals surface area contributed by atoms with E-state index < -0.39 is 24.7 Å². The average Bonchev–Trinajstić information content (AvgIpc) is 2.56. The quantitative estimate of drug-likeness (QED) is 0.910. The van der Waals surface area contributed by atoms with Gasteiger partial charge >= 0.3 is 0 Å². The number of aromatic nitrogens is 1. The molecule has 2 rings (SSSR count). The fourth-order valence-electron chi connectivity index (χ4n) is 1.94. The highest BCUT2D eigenvalue weighted by Gasteiger charge is 2.33. The summed E-state index contributed by atoms with van der Waals surface area (Å²) >= 11 is 5.75. The predicted octanol–water partition coefficient (Wildman–Crippen LogP) is 3.64. The van der Waals surface area contributed by atoms with Crippen molar-refractivity contribution >= 4 is 11.6 Å². The SMILES string of the molecule is COc1ccc(C(F)(CN)CF)nc1-c1ccc(F)c(Cl)c1. The Hall–Kier alpha value is -1.79. The molecule has 2 N–H and O–H groups in total. The van der Waals surface area contributed by atoms with Gasteiger partial charge in [0.15, 0.2) is 5.67 Å². The van der Waals surface area contributed by atoms with E-state index in [2.05, 4.69) is 4.98 Å². The van der Waals surface area contributed by atoms with Gasteiger partial charge in [-0.1, -0.05) is 11.6 Å². The van der Waals surface area contributed by atoms with E-state index in [0.717, 1.165) is 6.07 Å². The fraction of sp³-hybridized carbons (Fsp3) is 0.267. The van der Waals surface area contributed by atoms with Gasteiger partial charge in [-0.3, -0.25) is 0 Å². The summed E-state index contributed by atoms with van der Waals surface area (Å²) in [5, 5.41) is -0.109. The van der Waals surface area contributed by atoms with Crippen LogP contribution in [-0.2, 0) is 5.67 Å². The summed E-state index contributed by atoms with van der Waals surface area (Å²) in [7, 11) is 1.41. The maximum absolute atomic E-state index is 14.4. The summed E-state index contributed by atoms with van der Waals surface area (Å²) < 4.78 is 45.8. The number of alkyl halides is 2. The van der Waals surface area contributed by atoms with Crippen LogP contribution in [-0.4, -0.2) is 25.3 Å². The Morgan fingerprint density at radius 3 is 2.59 bits per heavy atom. The molecule has 0 amide bonds. The van der Waals surface area contributed by atoms with Gasteiger partial charge in [-0.25, -0.2) is 18.2 Å². The summed E-state index contributed by atoms with van der Waals surface area (Å²) in [4.78, 5) is 4.10. The molecule has 0 spiro atoms. The number of methoxy groups -OCH3 is 1. The summed E-state index contributed by atoms with van der Waals surface area (Å²) in [6, 6.07) is 6.68. The van der Waals surface area contributed by atoms with E-state index in [-0.39, 0.29) is 16.4 Å². The smallest absolute Gasteiger partial charge is 0.192 e. The van der Waals surface area contributed by atoms with Crippen LogP contribution in [0.1, 0.15) is 5.69 Å². The van der Waals surface area contributed by atoms with Crippen LogP contribution in [0.2, 0.25) is 5.02 Å². The Morgan fingerprint density at radius 2 is 2.05 bits per heavy atom. The van der Waals surface area contributed by atoms with E-state index in [1.807, 2.05) is 0 Å². The third kappa shape index (κ3) is 3.03. The third-order valence-electron chi connectivity index (χ3n) is 3.27. The number of pyridine rings is 1. The number of ether oxygens (including phenoxy) is 1. The van der Waals surface area contributed by atoms with Crippen LogP contribution in [0.5, 0.6) is 5.75 Å². The molecule has 3 nitrogen and oxygen atoms in total. The van der Waals surface area contributed by atoms with Crippen molar-refractivity contribution in [2.75, 3.05) is 20.3 Å². The number of halogens is 4. The van der Waals surface area contributed by atoms with Gasteiger partial charge < -0.3 is 10.5 Å². The second kappa shape index (κ2) is 6.54. The van der Waals surface area contributed by atoms with Crippen LogP contribution in [0.3, 0.4) is 0 Å². The first-order chi connectivity index (χ1) is 10.4. The van der Waals surface area contributed by atoms with Gasteiger partial charge in [0, 0.05) is 12.1 Å². The summed E-state index contributed by atoms with van der Waals surface area (Å²) in [6.45, 7) is -1.85. The molecule has 0 fully saturated rings. The number of hydrogen-bond donors (Lipinski definition) is 1. The zero-order valence-electron chi connectivity index (χ0n) is 11.7. The molecule has 1 unspecified atom stereocenters. The second-order valence-corrected chi connectivity index (χ2v) is 5.09. The lowest BCUT2D eigenvalue weighted by Gasteiger charge is -2.20. The van der Waals surface area contributed by atoms with Gasteiger partial charge in [0.2, 0.25) is 0 Å².